The molecule has 1 unspecified atom stereocenters. The first-order chi connectivity index (χ1) is 8.58. The summed E-state index contributed by atoms with van der Waals surface area (Å²) in [4.78, 5) is 2.12. The molecule has 1 N–H and O–H groups in total. The highest BCUT2D eigenvalue weighted by Crippen LogP contribution is 2.26. The average molecular weight is 245 g/mol. The fourth-order valence-electron chi connectivity index (χ4n) is 2.10. The Kier molecular flexibility index (Phi) is 3.67. The zero-order valence-corrected chi connectivity index (χ0v) is 11.0. The molecule has 1 aromatic carbocycles. The van der Waals surface area contributed by atoms with Gasteiger partial charge in [-0.2, -0.15) is 5.10 Å². The zero-order valence-electron chi connectivity index (χ0n) is 11.0. The van der Waals surface area contributed by atoms with Crippen LogP contribution in [0.4, 0.5) is 5.69 Å². The van der Waals surface area contributed by atoms with Gasteiger partial charge in [-0.3, -0.25) is 4.68 Å². The first-order valence-electron chi connectivity index (χ1n) is 6.03. The normalized spacial score (nSPS) is 12.4. The molecule has 18 heavy (non-hydrogen) atoms. The molecular formula is C14H19N3O. The molecule has 1 aromatic heterocycles. The van der Waals surface area contributed by atoms with Crippen molar-refractivity contribution < 1.29 is 5.11 Å². The van der Waals surface area contributed by atoms with Crippen molar-refractivity contribution in [2.75, 3.05) is 11.9 Å². The van der Waals surface area contributed by atoms with Gasteiger partial charge in [-0.25, -0.2) is 0 Å². The third-order valence-corrected chi connectivity index (χ3v) is 2.98. The summed E-state index contributed by atoms with van der Waals surface area (Å²) >= 11 is 0. The summed E-state index contributed by atoms with van der Waals surface area (Å²) in [7, 11) is 3.93. The summed E-state index contributed by atoms with van der Waals surface area (Å²) in [6.07, 6.45) is 3.40. The third kappa shape index (κ3) is 2.71. The molecule has 96 valence electrons. The van der Waals surface area contributed by atoms with Gasteiger partial charge in [0.2, 0.25) is 0 Å². The molecule has 0 aliphatic rings. The van der Waals surface area contributed by atoms with Crippen molar-refractivity contribution in [1.29, 1.82) is 0 Å². The Morgan fingerprint density at radius 2 is 2.11 bits per heavy atom. The second-order valence-electron chi connectivity index (χ2n) is 4.61. The number of benzene rings is 1. The highest BCUT2D eigenvalue weighted by Gasteiger charge is 2.11. The second-order valence-corrected chi connectivity index (χ2v) is 4.61. The van der Waals surface area contributed by atoms with E-state index in [1.165, 1.54) is 0 Å². The highest BCUT2D eigenvalue weighted by atomic mass is 16.3. The van der Waals surface area contributed by atoms with Crippen LogP contribution in [0.25, 0.3) is 0 Å². The predicted octanol–water partition coefficient (Wildman–Crippen LogP) is 2.11. The van der Waals surface area contributed by atoms with Gasteiger partial charge in [0.05, 0.1) is 12.3 Å². The third-order valence-electron chi connectivity index (χ3n) is 2.98. The van der Waals surface area contributed by atoms with Crippen molar-refractivity contribution in [1.82, 2.24) is 9.78 Å². The molecule has 0 spiro atoms. The molecule has 0 aliphatic heterocycles. The van der Waals surface area contributed by atoms with Gasteiger partial charge < -0.3 is 10.0 Å². The number of rotatable bonds is 4. The van der Waals surface area contributed by atoms with Gasteiger partial charge in [0.15, 0.2) is 0 Å². The lowest BCUT2D eigenvalue weighted by Crippen LogP contribution is -2.18. The van der Waals surface area contributed by atoms with Crippen LogP contribution < -0.4 is 4.90 Å². The summed E-state index contributed by atoms with van der Waals surface area (Å²) in [6, 6.07) is 7.92. The molecule has 0 saturated heterocycles. The maximum Gasteiger partial charge on any atom is 0.0781 e. The van der Waals surface area contributed by atoms with Crippen LogP contribution in [0.15, 0.2) is 36.7 Å². The number of anilines is 1. The SMILES string of the molecule is CC(O)c1ccccc1N(C)Cc1cnn(C)c1. The van der Waals surface area contributed by atoms with Gasteiger partial charge in [-0.05, 0) is 13.0 Å². The summed E-state index contributed by atoms with van der Waals surface area (Å²) in [5.74, 6) is 0. The van der Waals surface area contributed by atoms with Crippen LogP contribution >= 0.6 is 0 Å². The molecule has 0 aliphatic carbocycles. The number of nitrogens with zero attached hydrogens (tertiary/aromatic N) is 3. The van der Waals surface area contributed by atoms with Crippen LogP contribution in [0, 0.1) is 0 Å². The first kappa shape index (κ1) is 12.6. The summed E-state index contributed by atoms with van der Waals surface area (Å²) in [6.45, 7) is 2.56. The minimum Gasteiger partial charge on any atom is -0.389 e. The quantitative estimate of drug-likeness (QED) is 0.897. The minimum atomic E-state index is -0.461. The minimum absolute atomic E-state index is 0.461. The van der Waals surface area contributed by atoms with Crippen LogP contribution in [0.1, 0.15) is 24.2 Å². The van der Waals surface area contributed by atoms with E-state index < -0.39 is 6.10 Å². The lowest BCUT2D eigenvalue weighted by Gasteiger charge is -2.23. The molecule has 1 atom stereocenters. The van der Waals surface area contributed by atoms with E-state index in [0.717, 1.165) is 23.4 Å². The molecule has 4 heteroatoms. The molecule has 0 radical (unpaired) electrons. The van der Waals surface area contributed by atoms with Crippen LogP contribution in [-0.2, 0) is 13.6 Å². The number of hydrogen-bond donors (Lipinski definition) is 1. The van der Waals surface area contributed by atoms with Crippen molar-refractivity contribution >= 4 is 5.69 Å². The van der Waals surface area contributed by atoms with E-state index in [-0.39, 0.29) is 0 Å². The summed E-state index contributed by atoms with van der Waals surface area (Å²) in [5, 5.41) is 13.9. The topological polar surface area (TPSA) is 41.3 Å². The summed E-state index contributed by atoms with van der Waals surface area (Å²) < 4.78 is 1.80. The molecule has 2 rings (SSSR count). The number of aryl methyl sites for hydroxylation is 1. The number of hydrogen-bond acceptors (Lipinski definition) is 3. The van der Waals surface area contributed by atoms with Gasteiger partial charge in [0.1, 0.15) is 0 Å². The number of aliphatic hydroxyl groups excluding tert-OH is 1. The van der Waals surface area contributed by atoms with E-state index in [1.54, 1.807) is 11.6 Å². The predicted molar refractivity (Wildman–Crippen MR) is 72.4 cm³/mol. The van der Waals surface area contributed by atoms with Crippen LogP contribution in [0.5, 0.6) is 0 Å². The Balaban J connectivity index is 2.20. The Morgan fingerprint density at radius 1 is 1.39 bits per heavy atom. The van der Waals surface area contributed by atoms with Gasteiger partial charge in [-0.15, -0.1) is 0 Å². The van der Waals surface area contributed by atoms with Crippen molar-refractivity contribution in [2.24, 2.45) is 7.05 Å². The standard InChI is InChI=1S/C14H19N3O/c1-11(18)13-6-4-5-7-14(13)16(2)9-12-8-15-17(3)10-12/h4-8,10-11,18H,9H2,1-3H3. The van der Waals surface area contributed by atoms with Crippen molar-refractivity contribution in [3.05, 3.63) is 47.8 Å². The lowest BCUT2D eigenvalue weighted by molar-refractivity contribution is 0.199. The smallest absolute Gasteiger partial charge is 0.0781 e. The Morgan fingerprint density at radius 3 is 2.72 bits per heavy atom. The molecule has 0 amide bonds. The lowest BCUT2D eigenvalue weighted by atomic mass is 10.1. The van der Waals surface area contributed by atoms with Gasteiger partial charge in [0.25, 0.3) is 0 Å². The maximum atomic E-state index is 9.78. The fraction of sp³-hybridized carbons (Fsp3) is 0.357. The van der Waals surface area contributed by atoms with Crippen LogP contribution in [0.2, 0.25) is 0 Å². The zero-order chi connectivity index (χ0) is 13.1. The largest absolute Gasteiger partial charge is 0.389 e. The molecule has 4 nitrogen and oxygen atoms in total. The second kappa shape index (κ2) is 5.23. The molecule has 0 bridgehead atoms. The van der Waals surface area contributed by atoms with Crippen LogP contribution in [-0.4, -0.2) is 21.9 Å². The van der Waals surface area contributed by atoms with Crippen LogP contribution in [0.3, 0.4) is 0 Å². The maximum absolute atomic E-state index is 9.78. The number of aliphatic hydroxyl groups is 1. The van der Waals surface area contributed by atoms with E-state index in [0.29, 0.717) is 0 Å². The fourth-order valence-corrected chi connectivity index (χ4v) is 2.10. The van der Waals surface area contributed by atoms with E-state index in [1.807, 2.05) is 50.8 Å². The van der Waals surface area contributed by atoms with Gasteiger partial charge in [-0.1, -0.05) is 18.2 Å². The average Bonchev–Trinajstić information content (AvgIpc) is 2.74. The first-order valence-corrected chi connectivity index (χ1v) is 6.03. The van der Waals surface area contributed by atoms with E-state index in [9.17, 15) is 5.11 Å². The molecule has 1 heterocycles. The number of aromatic nitrogens is 2. The molecular weight excluding hydrogens is 226 g/mol. The summed E-state index contributed by atoms with van der Waals surface area (Å²) in [5.41, 5.74) is 3.15. The van der Waals surface area contributed by atoms with E-state index in [4.69, 9.17) is 0 Å². The molecule has 2 aromatic rings. The van der Waals surface area contributed by atoms with Crippen molar-refractivity contribution in [3.63, 3.8) is 0 Å². The van der Waals surface area contributed by atoms with E-state index in [2.05, 4.69) is 10.00 Å². The van der Waals surface area contributed by atoms with Gasteiger partial charge in [0, 0.05) is 43.7 Å². The molecule has 0 saturated carbocycles. The van der Waals surface area contributed by atoms with Crippen molar-refractivity contribution in [2.45, 2.75) is 19.6 Å². The number of para-hydroxylation sites is 1. The van der Waals surface area contributed by atoms with E-state index >= 15 is 0 Å². The highest BCUT2D eigenvalue weighted by molar-refractivity contribution is 5.54. The Bertz CT molecular complexity index is 519. The molecule has 0 fully saturated rings. The monoisotopic (exact) mass is 245 g/mol. The Labute approximate surface area is 107 Å². The van der Waals surface area contributed by atoms with Gasteiger partial charge >= 0.3 is 0 Å². The van der Waals surface area contributed by atoms with Crippen molar-refractivity contribution in [3.8, 4) is 0 Å². The Hall–Kier alpha value is -1.81.